The third-order valence-electron chi connectivity index (χ3n) is 3.97. The van der Waals surface area contributed by atoms with Crippen LogP contribution in [0.1, 0.15) is 30.0 Å². The first-order valence-electron chi connectivity index (χ1n) is 6.48. The Bertz CT molecular complexity index is 478. The van der Waals surface area contributed by atoms with Crippen molar-refractivity contribution in [1.82, 2.24) is 10.6 Å². The zero-order valence-corrected chi connectivity index (χ0v) is 10.2. The Kier molecular flexibility index (Phi) is 2.96. The van der Waals surface area contributed by atoms with Crippen molar-refractivity contribution < 1.29 is 4.39 Å². The maximum absolute atomic E-state index is 13.3. The second-order valence-electron chi connectivity index (χ2n) is 5.02. The lowest BCUT2D eigenvalue weighted by atomic mass is 9.86. The van der Waals surface area contributed by atoms with Crippen LogP contribution in [0, 0.1) is 11.7 Å². The van der Waals surface area contributed by atoms with Gasteiger partial charge < -0.3 is 16.4 Å². The highest BCUT2D eigenvalue weighted by molar-refractivity contribution is 5.71. The lowest BCUT2D eigenvalue weighted by Gasteiger charge is -2.29. The Morgan fingerprint density at radius 3 is 2.78 bits per heavy atom. The summed E-state index contributed by atoms with van der Waals surface area (Å²) in [5, 5.41) is 6.81. The van der Waals surface area contributed by atoms with Gasteiger partial charge in [0, 0.05) is 11.8 Å². The second kappa shape index (κ2) is 4.61. The van der Waals surface area contributed by atoms with E-state index in [-0.39, 0.29) is 11.9 Å². The van der Waals surface area contributed by atoms with Crippen molar-refractivity contribution >= 4 is 5.70 Å². The maximum Gasteiger partial charge on any atom is 0.123 e. The molecule has 1 aromatic carbocycles. The number of halogens is 1. The van der Waals surface area contributed by atoms with Gasteiger partial charge in [-0.15, -0.1) is 0 Å². The van der Waals surface area contributed by atoms with E-state index >= 15 is 0 Å². The summed E-state index contributed by atoms with van der Waals surface area (Å²) in [5.41, 5.74) is 8.58. The summed E-state index contributed by atoms with van der Waals surface area (Å²) in [4.78, 5) is 0. The first-order chi connectivity index (χ1) is 8.79. The van der Waals surface area contributed by atoms with Crippen molar-refractivity contribution in [2.45, 2.75) is 18.9 Å². The predicted octanol–water partition coefficient (Wildman–Crippen LogP) is 1.73. The van der Waals surface area contributed by atoms with Crippen molar-refractivity contribution in [2.24, 2.45) is 11.7 Å². The Morgan fingerprint density at radius 2 is 2.06 bits per heavy atom. The molecule has 4 N–H and O–H groups in total. The van der Waals surface area contributed by atoms with E-state index < -0.39 is 0 Å². The number of piperidine rings is 1. The number of fused-ring (bicyclic) bond motifs is 1. The summed E-state index contributed by atoms with van der Waals surface area (Å²) in [6.07, 6.45) is 3.83. The molecular formula is C14H18FN3. The fourth-order valence-corrected chi connectivity index (χ4v) is 3.04. The van der Waals surface area contributed by atoms with Gasteiger partial charge in [0.1, 0.15) is 5.82 Å². The quantitative estimate of drug-likeness (QED) is 0.708. The second-order valence-corrected chi connectivity index (χ2v) is 5.02. The smallest absolute Gasteiger partial charge is 0.123 e. The molecule has 18 heavy (non-hydrogen) atoms. The molecule has 2 heterocycles. The third kappa shape index (κ3) is 1.86. The molecule has 0 saturated carbocycles. The van der Waals surface area contributed by atoms with E-state index in [2.05, 4.69) is 10.6 Å². The van der Waals surface area contributed by atoms with Crippen molar-refractivity contribution in [3.05, 3.63) is 41.3 Å². The van der Waals surface area contributed by atoms with E-state index in [9.17, 15) is 4.39 Å². The van der Waals surface area contributed by atoms with E-state index in [0.717, 1.165) is 37.2 Å². The fourth-order valence-electron chi connectivity index (χ4n) is 3.04. The molecule has 1 fully saturated rings. The summed E-state index contributed by atoms with van der Waals surface area (Å²) in [6.45, 7) is 2.11. The number of hydrogen-bond acceptors (Lipinski definition) is 3. The topological polar surface area (TPSA) is 50.1 Å². The van der Waals surface area contributed by atoms with Crippen LogP contribution in [0.4, 0.5) is 4.39 Å². The van der Waals surface area contributed by atoms with Gasteiger partial charge in [-0.1, -0.05) is 6.07 Å². The molecule has 1 saturated heterocycles. The summed E-state index contributed by atoms with van der Waals surface area (Å²) in [6, 6.07) is 5.27. The molecule has 4 heteroatoms. The minimum atomic E-state index is -0.208. The third-order valence-corrected chi connectivity index (χ3v) is 3.97. The van der Waals surface area contributed by atoms with Gasteiger partial charge in [-0.05, 0) is 49.5 Å². The molecule has 0 aliphatic carbocycles. The van der Waals surface area contributed by atoms with Crippen LogP contribution >= 0.6 is 0 Å². The average Bonchev–Trinajstić information content (AvgIpc) is 2.77. The van der Waals surface area contributed by atoms with Crippen LogP contribution in [-0.2, 0) is 0 Å². The van der Waals surface area contributed by atoms with Crippen LogP contribution in [0.3, 0.4) is 0 Å². The van der Waals surface area contributed by atoms with E-state index in [4.69, 9.17) is 5.73 Å². The van der Waals surface area contributed by atoms with Crippen LogP contribution in [0.2, 0.25) is 0 Å². The summed E-state index contributed by atoms with van der Waals surface area (Å²) in [5.74, 6) is 0.383. The Morgan fingerprint density at radius 1 is 1.28 bits per heavy atom. The molecule has 0 bridgehead atoms. The highest BCUT2D eigenvalue weighted by Crippen LogP contribution is 2.39. The molecule has 2 aliphatic rings. The lowest BCUT2D eigenvalue weighted by molar-refractivity contribution is 0.308. The SMILES string of the molecule is N/C=C1\NC(C2CCNCC2)c2ccc(F)cc21. The zero-order chi connectivity index (χ0) is 12.5. The van der Waals surface area contributed by atoms with Crippen molar-refractivity contribution in [3.8, 4) is 0 Å². The monoisotopic (exact) mass is 247 g/mol. The highest BCUT2D eigenvalue weighted by Gasteiger charge is 2.32. The van der Waals surface area contributed by atoms with Gasteiger partial charge in [0.05, 0.1) is 11.7 Å². The average molecular weight is 247 g/mol. The Hall–Kier alpha value is -1.55. The maximum atomic E-state index is 13.3. The Labute approximate surface area is 106 Å². The normalized spacial score (nSPS) is 26.1. The number of hydrogen-bond donors (Lipinski definition) is 3. The molecule has 3 nitrogen and oxygen atoms in total. The molecule has 3 rings (SSSR count). The van der Waals surface area contributed by atoms with Gasteiger partial charge in [0.25, 0.3) is 0 Å². The van der Waals surface area contributed by atoms with E-state index in [1.165, 1.54) is 11.6 Å². The van der Waals surface area contributed by atoms with Crippen molar-refractivity contribution in [2.75, 3.05) is 13.1 Å². The molecular weight excluding hydrogens is 229 g/mol. The minimum Gasteiger partial charge on any atom is -0.403 e. The summed E-state index contributed by atoms with van der Waals surface area (Å²) >= 11 is 0. The standard InChI is InChI=1S/C14H18FN3/c15-10-1-2-11-12(7-10)13(8-16)18-14(11)9-3-5-17-6-4-9/h1-2,7-9,14,17-18H,3-6,16H2/b13-8-. The predicted molar refractivity (Wildman–Crippen MR) is 70.0 cm³/mol. The molecule has 1 atom stereocenters. The first-order valence-corrected chi connectivity index (χ1v) is 6.48. The summed E-state index contributed by atoms with van der Waals surface area (Å²) in [7, 11) is 0. The van der Waals surface area contributed by atoms with Crippen molar-refractivity contribution in [3.63, 3.8) is 0 Å². The van der Waals surface area contributed by atoms with Crippen LogP contribution in [0.5, 0.6) is 0 Å². The molecule has 0 aromatic heterocycles. The van der Waals surface area contributed by atoms with E-state index in [1.54, 1.807) is 12.3 Å². The fraction of sp³-hybridized carbons (Fsp3) is 0.429. The lowest BCUT2D eigenvalue weighted by Crippen LogP contribution is -2.33. The van der Waals surface area contributed by atoms with Gasteiger partial charge in [-0.25, -0.2) is 4.39 Å². The van der Waals surface area contributed by atoms with Crippen LogP contribution in [-0.4, -0.2) is 13.1 Å². The minimum absolute atomic E-state index is 0.208. The van der Waals surface area contributed by atoms with Crippen LogP contribution < -0.4 is 16.4 Å². The van der Waals surface area contributed by atoms with Gasteiger partial charge in [-0.3, -0.25) is 0 Å². The zero-order valence-electron chi connectivity index (χ0n) is 10.2. The molecule has 1 unspecified atom stereocenters. The van der Waals surface area contributed by atoms with Gasteiger partial charge >= 0.3 is 0 Å². The van der Waals surface area contributed by atoms with Gasteiger partial charge in [0.2, 0.25) is 0 Å². The molecule has 0 amide bonds. The first kappa shape index (κ1) is 11.5. The van der Waals surface area contributed by atoms with Crippen LogP contribution in [0.25, 0.3) is 5.70 Å². The number of benzene rings is 1. The van der Waals surface area contributed by atoms with Crippen LogP contribution in [0.15, 0.2) is 24.4 Å². The molecule has 2 aliphatic heterocycles. The van der Waals surface area contributed by atoms with Crippen molar-refractivity contribution in [1.29, 1.82) is 0 Å². The largest absolute Gasteiger partial charge is 0.403 e. The molecule has 1 aromatic rings. The molecule has 0 spiro atoms. The molecule has 96 valence electrons. The van der Waals surface area contributed by atoms with E-state index in [1.807, 2.05) is 6.07 Å². The van der Waals surface area contributed by atoms with Gasteiger partial charge in [0.15, 0.2) is 0 Å². The molecule has 0 radical (unpaired) electrons. The summed E-state index contributed by atoms with van der Waals surface area (Å²) < 4.78 is 13.3. The Balaban J connectivity index is 1.95. The number of nitrogens with one attached hydrogen (secondary N) is 2. The number of rotatable bonds is 1. The van der Waals surface area contributed by atoms with E-state index in [0.29, 0.717) is 5.92 Å². The van der Waals surface area contributed by atoms with Gasteiger partial charge in [-0.2, -0.15) is 0 Å². The number of nitrogens with two attached hydrogens (primary N) is 1. The highest BCUT2D eigenvalue weighted by atomic mass is 19.1.